The van der Waals surface area contributed by atoms with Gasteiger partial charge in [0.15, 0.2) is 0 Å². The number of anilines is 1. The molecular formula is C29H33FN4O. The number of halogens is 1. The zero-order valence-corrected chi connectivity index (χ0v) is 20.3. The largest absolute Gasteiger partial charge is 0.494 e. The van der Waals surface area contributed by atoms with E-state index in [1.54, 1.807) is 0 Å². The van der Waals surface area contributed by atoms with Crippen LogP contribution in [0.25, 0.3) is 11.0 Å². The topological polar surface area (TPSA) is 42.3 Å². The molecule has 0 saturated carbocycles. The summed E-state index contributed by atoms with van der Waals surface area (Å²) in [6, 6.07) is 23.8. The van der Waals surface area contributed by atoms with Crippen molar-refractivity contribution in [3.8, 4) is 5.75 Å². The number of aromatic nitrogens is 2. The van der Waals surface area contributed by atoms with Gasteiger partial charge in [-0.25, -0.2) is 9.37 Å². The molecule has 6 heteroatoms. The zero-order valence-electron chi connectivity index (χ0n) is 20.3. The molecule has 0 radical (unpaired) electrons. The first-order chi connectivity index (χ1) is 17.2. The molecule has 182 valence electrons. The molecule has 0 unspecified atom stereocenters. The molecular weight excluding hydrogens is 439 g/mol. The maximum Gasteiger partial charge on any atom is 0.204 e. The van der Waals surface area contributed by atoms with Gasteiger partial charge in [-0.2, -0.15) is 0 Å². The van der Waals surface area contributed by atoms with Gasteiger partial charge in [-0.05, 0) is 73.7 Å². The van der Waals surface area contributed by atoms with Crippen molar-refractivity contribution in [1.29, 1.82) is 0 Å². The first-order valence-corrected chi connectivity index (χ1v) is 12.6. The Morgan fingerprint density at radius 1 is 0.943 bits per heavy atom. The van der Waals surface area contributed by atoms with Gasteiger partial charge in [0.05, 0.1) is 24.2 Å². The van der Waals surface area contributed by atoms with E-state index in [1.807, 2.05) is 37.3 Å². The number of imidazole rings is 1. The minimum atomic E-state index is -0.211. The van der Waals surface area contributed by atoms with Crippen LogP contribution in [0.3, 0.4) is 0 Å². The van der Waals surface area contributed by atoms with Gasteiger partial charge in [-0.1, -0.05) is 36.4 Å². The molecule has 1 aliphatic heterocycles. The number of likely N-dealkylation sites (tertiary alicyclic amines) is 1. The number of hydrogen-bond acceptors (Lipinski definition) is 4. The van der Waals surface area contributed by atoms with Gasteiger partial charge in [0.2, 0.25) is 5.95 Å². The molecule has 4 aromatic rings. The standard InChI is InChI=1S/C29H33FN4O/c1-2-35-26-13-9-22(10-14-26)15-18-33-19-16-25(17-20-33)31-29-32-27-5-3-4-6-28(27)34(29)21-23-7-11-24(30)12-8-23/h3-14,25H,2,15-21H2,1H3,(H,31,32). The fraction of sp³-hybridized carbons (Fsp3) is 0.345. The molecule has 0 bridgehead atoms. The summed E-state index contributed by atoms with van der Waals surface area (Å²) in [7, 11) is 0. The Morgan fingerprint density at radius 2 is 1.66 bits per heavy atom. The zero-order chi connectivity index (χ0) is 24.0. The third-order valence-corrected chi connectivity index (χ3v) is 6.78. The van der Waals surface area contributed by atoms with E-state index in [1.165, 1.54) is 17.7 Å². The first kappa shape index (κ1) is 23.4. The van der Waals surface area contributed by atoms with Crippen molar-refractivity contribution in [2.75, 3.05) is 31.6 Å². The average Bonchev–Trinajstić information content (AvgIpc) is 3.23. The van der Waals surface area contributed by atoms with E-state index in [-0.39, 0.29) is 5.82 Å². The smallest absolute Gasteiger partial charge is 0.204 e. The van der Waals surface area contributed by atoms with Gasteiger partial charge in [-0.3, -0.25) is 0 Å². The molecule has 5 rings (SSSR count). The van der Waals surface area contributed by atoms with Crippen molar-refractivity contribution in [3.05, 3.63) is 89.7 Å². The van der Waals surface area contributed by atoms with Crippen LogP contribution in [0, 0.1) is 5.82 Å². The lowest BCUT2D eigenvalue weighted by Gasteiger charge is -2.32. The molecule has 35 heavy (non-hydrogen) atoms. The number of para-hydroxylation sites is 2. The van der Waals surface area contributed by atoms with E-state index in [0.29, 0.717) is 19.2 Å². The summed E-state index contributed by atoms with van der Waals surface area (Å²) in [5.41, 5.74) is 4.47. The van der Waals surface area contributed by atoms with Crippen molar-refractivity contribution in [2.24, 2.45) is 0 Å². The number of ether oxygens (including phenoxy) is 1. The monoisotopic (exact) mass is 472 g/mol. The quantitative estimate of drug-likeness (QED) is 0.337. The Morgan fingerprint density at radius 3 is 2.40 bits per heavy atom. The summed E-state index contributed by atoms with van der Waals surface area (Å²) < 4.78 is 21.1. The van der Waals surface area contributed by atoms with Crippen molar-refractivity contribution in [3.63, 3.8) is 0 Å². The lowest BCUT2D eigenvalue weighted by molar-refractivity contribution is 0.221. The third-order valence-electron chi connectivity index (χ3n) is 6.78. The molecule has 3 aromatic carbocycles. The third kappa shape index (κ3) is 5.82. The number of rotatable bonds is 9. The molecule has 1 N–H and O–H groups in total. The highest BCUT2D eigenvalue weighted by Crippen LogP contribution is 2.24. The molecule has 0 atom stereocenters. The average molecular weight is 473 g/mol. The molecule has 1 saturated heterocycles. The predicted octanol–water partition coefficient (Wildman–Crippen LogP) is 5.74. The normalized spacial score (nSPS) is 14.9. The Balaban J connectivity index is 1.19. The second kappa shape index (κ2) is 10.9. The van der Waals surface area contributed by atoms with Crippen LogP contribution in [0.4, 0.5) is 10.3 Å². The highest BCUT2D eigenvalue weighted by atomic mass is 19.1. The number of nitrogens with zero attached hydrogens (tertiary/aromatic N) is 3. The summed E-state index contributed by atoms with van der Waals surface area (Å²) in [6.45, 7) is 6.59. The van der Waals surface area contributed by atoms with E-state index in [2.05, 4.69) is 45.1 Å². The van der Waals surface area contributed by atoms with Gasteiger partial charge >= 0.3 is 0 Å². The van der Waals surface area contributed by atoms with Crippen LogP contribution in [-0.4, -0.2) is 46.7 Å². The van der Waals surface area contributed by atoms with Crippen LogP contribution in [0.15, 0.2) is 72.8 Å². The second-order valence-electron chi connectivity index (χ2n) is 9.22. The molecule has 1 aromatic heterocycles. The minimum Gasteiger partial charge on any atom is -0.494 e. The minimum absolute atomic E-state index is 0.211. The lowest BCUT2D eigenvalue weighted by atomic mass is 10.0. The Labute approximate surface area is 206 Å². The van der Waals surface area contributed by atoms with Crippen molar-refractivity contribution < 1.29 is 9.13 Å². The summed E-state index contributed by atoms with van der Waals surface area (Å²) in [4.78, 5) is 7.44. The van der Waals surface area contributed by atoms with Crippen LogP contribution in [0.2, 0.25) is 0 Å². The highest BCUT2D eigenvalue weighted by molar-refractivity contribution is 5.78. The molecule has 0 aliphatic carbocycles. The van der Waals surface area contributed by atoms with Crippen LogP contribution in [0.5, 0.6) is 5.75 Å². The molecule has 5 nitrogen and oxygen atoms in total. The number of nitrogens with one attached hydrogen (secondary N) is 1. The molecule has 1 fully saturated rings. The number of piperidine rings is 1. The van der Waals surface area contributed by atoms with Crippen LogP contribution in [0.1, 0.15) is 30.9 Å². The van der Waals surface area contributed by atoms with Gasteiger partial charge < -0.3 is 19.5 Å². The SMILES string of the molecule is CCOc1ccc(CCN2CCC(Nc3nc4ccccc4n3Cc3ccc(F)cc3)CC2)cc1. The molecule has 1 aliphatic rings. The van der Waals surface area contributed by atoms with Crippen LogP contribution >= 0.6 is 0 Å². The van der Waals surface area contributed by atoms with Crippen molar-refractivity contribution >= 4 is 17.0 Å². The predicted molar refractivity (Wildman–Crippen MR) is 140 cm³/mol. The Kier molecular flexibility index (Phi) is 7.28. The maximum absolute atomic E-state index is 13.4. The summed E-state index contributed by atoms with van der Waals surface area (Å²) in [5, 5.41) is 3.72. The summed E-state index contributed by atoms with van der Waals surface area (Å²) in [5.74, 6) is 1.62. The molecule has 2 heterocycles. The van der Waals surface area contributed by atoms with Crippen LogP contribution < -0.4 is 10.1 Å². The summed E-state index contributed by atoms with van der Waals surface area (Å²) in [6.07, 6.45) is 3.23. The van der Waals surface area contributed by atoms with Gasteiger partial charge in [0.25, 0.3) is 0 Å². The van der Waals surface area contributed by atoms with Gasteiger partial charge in [0, 0.05) is 25.7 Å². The van der Waals surface area contributed by atoms with E-state index in [9.17, 15) is 4.39 Å². The summed E-state index contributed by atoms with van der Waals surface area (Å²) >= 11 is 0. The van der Waals surface area contributed by atoms with Crippen molar-refractivity contribution in [2.45, 2.75) is 38.8 Å². The van der Waals surface area contributed by atoms with Gasteiger partial charge in [0.1, 0.15) is 11.6 Å². The second-order valence-corrected chi connectivity index (χ2v) is 9.22. The first-order valence-electron chi connectivity index (χ1n) is 12.6. The number of fused-ring (bicyclic) bond motifs is 1. The Hall–Kier alpha value is -3.38. The lowest BCUT2D eigenvalue weighted by Crippen LogP contribution is -2.40. The van der Waals surface area contributed by atoms with E-state index in [0.717, 1.165) is 67.2 Å². The van der Waals surface area contributed by atoms with E-state index in [4.69, 9.17) is 9.72 Å². The van der Waals surface area contributed by atoms with Gasteiger partial charge in [-0.15, -0.1) is 0 Å². The van der Waals surface area contributed by atoms with Crippen molar-refractivity contribution in [1.82, 2.24) is 14.5 Å². The Bertz CT molecular complexity index is 1230. The fourth-order valence-electron chi connectivity index (χ4n) is 4.81. The van der Waals surface area contributed by atoms with Crippen LogP contribution in [-0.2, 0) is 13.0 Å². The number of hydrogen-bond donors (Lipinski definition) is 1. The molecule has 0 amide bonds. The maximum atomic E-state index is 13.4. The number of benzene rings is 3. The molecule has 0 spiro atoms. The van der Waals surface area contributed by atoms with E-state index < -0.39 is 0 Å². The highest BCUT2D eigenvalue weighted by Gasteiger charge is 2.21. The van der Waals surface area contributed by atoms with E-state index >= 15 is 0 Å². The fourth-order valence-corrected chi connectivity index (χ4v) is 4.81.